The lowest BCUT2D eigenvalue weighted by molar-refractivity contribution is 0.0132. The number of nitrogens with zero attached hydrogens (tertiary/aromatic N) is 3. The number of H-pyrrole nitrogens is 1. The van der Waals surface area contributed by atoms with Crippen LogP contribution in [0.2, 0.25) is 0 Å². The van der Waals surface area contributed by atoms with Crippen molar-refractivity contribution < 1.29 is 18.7 Å². The molecule has 9 heteroatoms. The van der Waals surface area contributed by atoms with E-state index < -0.39 is 11.4 Å². The highest BCUT2D eigenvalue weighted by molar-refractivity contribution is 14.1. The molecule has 1 aliphatic heterocycles. The van der Waals surface area contributed by atoms with Gasteiger partial charge >= 0.3 is 6.09 Å². The average molecular weight is 524 g/mol. The first-order valence-electron chi connectivity index (χ1n) is 9.61. The molecule has 3 heterocycles. The van der Waals surface area contributed by atoms with Gasteiger partial charge in [0.1, 0.15) is 5.60 Å². The highest BCUT2D eigenvalue weighted by Gasteiger charge is 2.33. The Bertz CT molecular complexity index is 1130. The lowest BCUT2D eigenvalue weighted by Crippen LogP contribution is -2.45. The molecule has 1 aliphatic rings. The third kappa shape index (κ3) is 4.07. The van der Waals surface area contributed by atoms with Gasteiger partial charge in [-0.2, -0.15) is 4.98 Å². The molecule has 158 valence electrons. The zero-order chi connectivity index (χ0) is 21.6. The molecule has 0 aliphatic carbocycles. The number of fused-ring (bicyclic) bond motifs is 2. The standard InChI is InChI=1S/C21H22FIN4O3/c1-11-9-13-15(10-27(11)20(28)30-21(2,3)4)25-19(23)26-18(13)29-16-6-5-14-12(17(16)22)7-8-24-14/h5-8,11,24H,9-10H2,1-4H3. The predicted molar refractivity (Wildman–Crippen MR) is 118 cm³/mol. The summed E-state index contributed by atoms with van der Waals surface area (Å²) in [6.07, 6.45) is 1.77. The van der Waals surface area contributed by atoms with Gasteiger partial charge in [-0.05, 0) is 52.3 Å². The smallest absolute Gasteiger partial charge is 0.410 e. The summed E-state index contributed by atoms with van der Waals surface area (Å²) in [5.41, 5.74) is 1.56. The van der Waals surface area contributed by atoms with Gasteiger partial charge in [0.15, 0.2) is 15.4 Å². The second kappa shape index (κ2) is 7.68. The van der Waals surface area contributed by atoms with Gasteiger partial charge in [-0.1, -0.05) is 0 Å². The van der Waals surface area contributed by atoms with E-state index in [1.54, 1.807) is 29.3 Å². The normalized spacial score (nSPS) is 16.5. The summed E-state index contributed by atoms with van der Waals surface area (Å²) in [6.45, 7) is 7.71. The van der Waals surface area contributed by atoms with Crippen molar-refractivity contribution in [1.82, 2.24) is 19.9 Å². The Balaban J connectivity index is 1.66. The van der Waals surface area contributed by atoms with Crippen LogP contribution in [-0.2, 0) is 17.7 Å². The van der Waals surface area contributed by atoms with E-state index in [0.29, 0.717) is 32.7 Å². The van der Waals surface area contributed by atoms with Gasteiger partial charge in [0.25, 0.3) is 0 Å². The first-order valence-corrected chi connectivity index (χ1v) is 10.7. The van der Waals surface area contributed by atoms with Crippen LogP contribution in [-0.4, -0.2) is 37.6 Å². The lowest BCUT2D eigenvalue weighted by atomic mass is 10.00. The Hall–Kier alpha value is -2.43. The molecular formula is C21H22FIN4O3. The fourth-order valence-electron chi connectivity index (χ4n) is 3.45. The van der Waals surface area contributed by atoms with Gasteiger partial charge in [-0.25, -0.2) is 14.2 Å². The Morgan fingerprint density at radius 3 is 2.80 bits per heavy atom. The summed E-state index contributed by atoms with van der Waals surface area (Å²) >= 11 is 1.99. The quantitative estimate of drug-likeness (QED) is 0.370. The van der Waals surface area contributed by atoms with E-state index in [4.69, 9.17) is 9.47 Å². The molecule has 0 fully saturated rings. The van der Waals surface area contributed by atoms with Crippen molar-refractivity contribution in [3.05, 3.63) is 45.3 Å². The summed E-state index contributed by atoms with van der Waals surface area (Å²) in [5.74, 6) is -0.0368. The van der Waals surface area contributed by atoms with Gasteiger partial charge in [0.05, 0.1) is 12.2 Å². The van der Waals surface area contributed by atoms with Crippen LogP contribution in [0.25, 0.3) is 10.9 Å². The predicted octanol–water partition coefficient (Wildman–Crippen LogP) is 5.18. The van der Waals surface area contributed by atoms with Gasteiger partial charge in [-0.3, -0.25) is 4.90 Å². The van der Waals surface area contributed by atoms with Crippen molar-refractivity contribution in [2.75, 3.05) is 0 Å². The first-order chi connectivity index (χ1) is 14.1. The van der Waals surface area contributed by atoms with E-state index in [9.17, 15) is 9.18 Å². The maximum Gasteiger partial charge on any atom is 0.410 e. The summed E-state index contributed by atoms with van der Waals surface area (Å²) in [5, 5.41) is 0.453. The zero-order valence-electron chi connectivity index (χ0n) is 17.1. The van der Waals surface area contributed by atoms with E-state index in [0.717, 1.165) is 5.56 Å². The van der Waals surface area contributed by atoms with Crippen molar-refractivity contribution in [3.63, 3.8) is 0 Å². The molecule has 0 bridgehead atoms. The second-order valence-corrected chi connectivity index (χ2v) is 9.27. The van der Waals surface area contributed by atoms with Crippen LogP contribution in [0.15, 0.2) is 24.4 Å². The number of halogens is 2. The Kier molecular flexibility index (Phi) is 5.33. The van der Waals surface area contributed by atoms with Crippen molar-refractivity contribution in [2.45, 2.75) is 52.3 Å². The number of carbonyl (C=O) groups excluding carboxylic acids is 1. The minimum absolute atomic E-state index is 0.0982. The van der Waals surface area contributed by atoms with Crippen molar-refractivity contribution in [2.24, 2.45) is 0 Å². The number of benzene rings is 1. The van der Waals surface area contributed by atoms with Crippen LogP contribution < -0.4 is 4.74 Å². The van der Waals surface area contributed by atoms with E-state index in [1.807, 2.05) is 50.3 Å². The van der Waals surface area contributed by atoms with Crippen LogP contribution in [0.3, 0.4) is 0 Å². The topological polar surface area (TPSA) is 80.3 Å². The van der Waals surface area contributed by atoms with Gasteiger partial charge < -0.3 is 14.5 Å². The zero-order valence-corrected chi connectivity index (χ0v) is 19.3. The number of hydrogen-bond donors (Lipinski definition) is 1. The molecule has 3 aromatic rings. The molecular weight excluding hydrogens is 502 g/mol. The number of aromatic amines is 1. The van der Waals surface area contributed by atoms with E-state index in [1.165, 1.54) is 0 Å². The third-order valence-corrected chi connectivity index (χ3v) is 5.33. The molecule has 0 saturated heterocycles. The number of carbonyl (C=O) groups is 1. The Morgan fingerprint density at radius 1 is 1.30 bits per heavy atom. The number of hydrogen-bond acceptors (Lipinski definition) is 5. The molecule has 0 saturated carbocycles. The largest absolute Gasteiger partial charge is 0.444 e. The fourth-order valence-corrected chi connectivity index (χ4v) is 3.96. The number of amides is 1. The average Bonchev–Trinajstić information content (AvgIpc) is 3.12. The number of rotatable bonds is 2. The van der Waals surface area contributed by atoms with E-state index in [2.05, 4.69) is 15.0 Å². The van der Waals surface area contributed by atoms with Crippen LogP contribution in [0.4, 0.5) is 9.18 Å². The molecule has 4 rings (SSSR count). The highest BCUT2D eigenvalue weighted by Crippen LogP contribution is 2.35. The number of aromatic nitrogens is 3. The molecule has 0 radical (unpaired) electrons. The summed E-state index contributed by atoms with van der Waals surface area (Å²) < 4.78 is 26.8. The molecule has 1 atom stereocenters. The maximum atomic E-state index is 14.9. The fraction of sp³-hybridized carbons (Fsp3) is 0.381. The van der Waals surface area contributed by atoms with Crippen LogP contribution in [0.5, 0.6) is 11.6 Å². The molecule has 1 unspecified atom stereocenters. The maximum absolute atomic E-state index is 14.9. The number of ether oxygens (including phenoxy) is 2. The van der Waals surface area contributed by atoms with Crippen molar-refractivity contribution in [1.29, 1.82) is 0 Å². The van der Waals surface area contributed by atoms with Crippen LogP contribution in [0, 0.1) is 9.65 Å². The van der Waals surface area contributed by atoms with E-state index >= 15 is 0 Å². The Morgan fingerprint density at radius 2 is 2.07 bits per heavy atom. The first kappa shape index (κ1) is 20.8. The van der Waals surface area contributed by atoms with Crippen LogP contribution in [0.1, 0.15) is 39.0 Å². The molecule has 1 N–H and O–H groups in total. The summed E-state index contributed by atoms with van der Waals surface area (Å²) in [7, 11) is 0. The number of nitrogens with one attached hydrogen (secondary N) is 1. The summed E-state index contributed by atoms with van der Waals surface area (Å²) in [6, 6.07) is 4.86. The van der Waals surface area contributed by atoms with E-state index in [-0.39, 0.29) is 24.4 Å². The molecule has 7 nitrogen and oxygen atoms in total. The summed E-state index contributed by atoms with van der Waals surface area (Å²) in [4.78, 5) is 26.1. The molecule has 0 spiro atoms. The molecule has 30 heavy (non-hydrogen) atoms. The second-order valence-electron chi connectivity index (χ2n) is 8.30. The molecule has 1 amide bonds. The lowest BCUT2D eigenvalue weighted by Gasteiger charge is -2.35. The van der Waals surface area contributed by atoms with Gasteiger partial charge in [0, 0.05) is 51.3 Å². The van der Waals surface area contributed by atoms with Gasteiger partial charge in [0.2, 0.25) is 5.88 Å². The van der Waals surface area contributed by atoms with Crippen molar-refractivity contribution in [3.8, 4) is 11.6 Å². The molecule has 2 aromatic heterocycles. The Labute approximate surface area is 187 Å². The monoisotopic (exact) mass is 524 g/mol. The van der Waals surface area contributed by atoms with Crippen molar-refractivity contribution >= 4 is 39.6 Å². The SMILES string of the molecule is CC1Cc2c(nc(I)nc2Oc2ccc3[nH]ccc3c2F)CN1C(=O)OC(C)(C)C. The minimum atomic E-state index is -0.583. The minimum Gasteiger partial charge on any atom is -0.444 e. The third-order valence-electron chi connectivity index (χ3n) is 4.85. The highest BCUT2D eigenvalue weighted by atomic mass is 127. The van der Waals surface area contributed by atoms with Crippen LogP contribution >= 0.6 is 22.6 Å². The van der Waals surface area contributed by atoms with Gasteiger partial charge in [-0.15, -0.1) is 0 Å². The molecule has 1 aromatic carbocycles.